The van der Waals surface area contributed by atoms with E-state index in [1.165, 1.54) is 19.3 Å². The molecule has 25 heavy (non-hydrogen) atoms. The summed E-state index contributed by atoms with van der Waals surface area (Å²) in [5.74, 6) is 2.34. The van der Waals surface area contributed by atoms with E-state index >= 15 is 0 Å². The summed E-state index contributed by atoms with van der Waals surface area (Å²) in [6.45, 7) is 7.41. The van der Waals surface area contributed by atoms with E-state index in [0.717, 1.165) is 42.6 Å². The Hall–Kier alpha value is -2.21. The van der Waals surface area contributed by atoms with Crippen LogP contribution in [0.25, 0.3) is 11.3 Å². The summed E-state index contributed by atoms with van der Waals surface area (Å²) in [7, 11) is 0. The lowest BCUT2D eigenvalue weighted by Gasteiger charge is -2.22. The van der Waals surface area contributed by atoms with Gasteiger partial charge in [-0.3, -0.25) is 4.98 Å². The van der Waals surface area contributed by atoms with Gasteiger partial charge in [0.2, 0.25) is 5.95 Å². The van der Waals surface area contributed by atoms with Crippen molar-refractivity contribution < 1.29 is 0 Å². The fraction of sp³-hybridized carbons (Fsp3) is 0.526. The molecule has 1 aliphatic heterocycles. The molecule has 134 valence electrons. The average Bonchev–Trinajstić information content (AvgIpc) is 2.63. The first kappa shape index (κ1) is 17.6. The highest BCUT2D eigenvalue weighted by atomic mass is 15.1. The van der Waals surface area contributed by atoms with Crippen LogP contribution >= 0.6 is 0 Å². The van der Waals surface area contributed by atoms with Crippen molar-refractivity contribution >= 4 is 11.8 Å². The number of pyridine rings is 1. The van der Waals surface area contributed by atoms with Gasteiger partial charge >= 0.3 is 0 Å². The molecule has 2 aromatic heterocycles. The molecule has 1 aliphatic rings. The summed E-state index contributed by atoms with van der Waals surface area (Å²) in [4.78, 5) is 13.3. The Labute approximate surface area is 149 Å². The number of nitrogens with one attached hydrogen (secondary N) is 3. The van der Waals surface area contributed by atoms with Crippen molar-refractivity contribution in [1.82, 2.24) is 20.3 Å². The third kappa shape index (κ3) is 5.39. The molecule has 0 amide bonds. The van der Waals surface area contributed by atoms with Gasteiger partial charge in [0, 0.05) is 36.6 Å². The number of hydrogen-bond acceptors (Lipinski definition) is 6. The van der Waals surface area contributed by atoms with E-state index in [4.69, 9.17) is 0 Å². The van der Waals surface area contributed by atoms with Crippen LogP contribution in [0.2, 0.25) is 0 Å². The maximum absolute atomic E-state index is 4.64. The van der Waals surface area contributed by atoms with Crippen LogP contribution in [0.3, 0.4) is 0 Å². The Morgan fingerprint density at radius 1 is 1.16 bits per heavy atom. The van der Waals surface area contributed by atoms with Crippen LogP contribution in [0.15, 0.2) is 30.6 Å². The molecule has 3 heterocycles. The highest BCUT2D eigenvalue weighted by Gasteiger charge is 2.13. The Morgan fingerprint density at radius 2 is 1.92 bits per heavy atom. The summed E-state index contributed by atoms with van der Waals surface area (Å²) in [5.41, 5.74) is 1.95. The summed E-state index contributed by atoms with van der Waals surface area (Å²) in [6, 6.07) is 6.25. The highest BCUT2D eigenvalue weighted by Crippen LogP contribution is 2.22. The number of anilines is 2. The van der Waals surface area contributed by atoms with Crippen molar-refractivity contribution in [2.24, 2.45) is 5.92 Å². The van der Waals surface area contributed by atoms with Gasteiger partial charge in [0.15, 0.2) is 0 Å². The lowest BCUT2D eigenvalue weighted by atomic mass is 9.95. The molecular weight excluding hydrogens is 312 g/mol. The second kappa shape index (κ2) is 8.76. The minimum Gasteiger partial charge on any atom is -0.370 e. The monoisotopic (exact) mass is 340 g/mol. The van der Waals surface area contributed by atoms with Crippen molar-refractivity contribution in [1.29, 1.82) is 0 Å². The second-order valence-corrected chi connectivity index (χ2v) is 6.91. The molecule has 0 atom stereocenters. The van der Waals surface area contributed by atoms with Crippen molar-refractivity contribution in [3.63, 3.8) is 0 Å². The van der Waals surface area contributed by atoms with E-state index in [2.05, 4.69) is 44.7 Å². The molecule has 0 unspecified atom stereocenters. The Bertz CT molecular complexity index is 652. The maximum atomic E-state index is 4.64. The molecular formula is C19H28N6. The molecule has 1 saturated heterocycles. The third-order valence-electron chi connectivity index (χ3n) is 4.44. The van der Waals surface area contributed by atoms with Gasteiger partial charge in [-0.2, -0.15) is 4.98 Å². The minimum absolute atomic E-state index is 0.287. The predicted octanol–water partition coefficient (Wildman–Crippen LogP) is 3.16. The normalized spacial score (nSPS) is 15.3. The Balaban J connectivity index is 1.70. The molecule has 6 heteroatoms. The summed E-state index contributed by atoms with van der Waals surface area (Å²) < 4.78 is 0. The summed E-state index contributed by atoms with van der Waals surface area (Å²) >= 11 is 0. The zero-order valence-electron chi connectivity index (χ0n) is 15.1. The molecule has 3 rings (SSSR count). The maximum Gasteiger partial charge on any atom is 0.225 e. The van der Waals surface area contributed by atoms with Crippen molar-refractivity contribution in [2.75, 3.05) is 30.3 Å². The van der Waals surface area contributed by atoms with Crippen LogP contribution in [0, 0.1) is 5.92 Å². The first-order valence-corrected chi connectivity index (χ1v) is 9.21. The van der Waals surface area contributed by atoms with Crippen molar-refractivity contribution in [3.8, 4) is 11.3 Å². The van der Waals surface area contributed by atoms with Gasteiger partial charge in [-0.15, -0.1) is 0 Å². The van der Waals surface area contributed by atoms with Crippen molar-refractivity contribution in [3.05, 3.63) is 30.6 Å². The second-order valence-electron chi connectivity index (χ2n) is 6.91. The molecule has 0 aromatic carbocycles. The first-order chi connectivity index (χ1) is 12.2. The molecule has 2 aromatic rings. The lowest BCUT2D eigenvalue weighted by Crippen LogP contribution is -2.28. The molecule has 0 aliphatic carbocycles. The largest absolute Gasteiger partial charge is 0.370 e. The number of aromatic nitrogens is 3. The Morgan fingerprint density at radius 3 is 2.64 bits per heavy atom. The number of piperidine rings is 1. The van der Waals surface area contributed by atoms with Crippen LogP contribution in [0.1, 0.15) is 33.1 Å². The number of hydrogen-bond donors (Lipinski definition) is 3. The first-order valence-electron chi connectivity index (χ1n) is 9.21. The molecule has 0 spiro atoms. The van der Waals surface area contributed by atoms with Crippen molar-refractivity contribution in [2.45, 2.75) is 39.2 Å². The van der Waals surface area contributed by atoms with E-state index in [-0.39, 0.29) is 6.04 Å². The van der Waals surface area contributed by atoms with Gasteiger partial charge in [0.05, 0.1) is 5.69 Å². The molecule has 6 nitrogen and oxygen atoms in total. The lowest BCUT2D eigenvalue weighted by molar-refractivity contribution is 0.361. The fourth-order valence-corrected chi connectivity index (χ4v) is 3.11. The third-order valence-corrected chi connectivity index (χ3v) is 4.44. The van der Waals surface area contributed by atoms with Crippen LogP contribution in [-0.2, 0) is 0 Å². The van der Waals surface area contributed by atoms with E-state index in [1.807, 2.05) is 18.2 Å². The van der Waals surface area contributed by atoms with Gasteiger partial charge in [-0.05, 0) is 64.3 Å². The smallest absolute Gasteiger partial charge is 0.225 e. The highest BCUT2D eigenvalue weighted by molar-refractivity contribution is 5.63. The predicted molar refractivity (Wildman–Crippen MR) is 103 cm³/mol. The van der Waals surface area contributed by atoms with E-state index in [1.54, 1.807) is 12.4 Å². The quantitative estimate of drug-likeness (QED) is 0.719. The van der Waals surface area contributed by atoms with E-state index in [9.17, 15) is 0 Å². The van der Waals surface area contributed by atoms with E-state index in [0.29, 0.717) is 5.95 Å². The van der Waals surface area contributed by atoms with Crippen LogP contribution in [0.4, 0.5) is 11.8 Å². The van der Waals surface area contributed by atoms with Gasteiger partial charge in [-0.25, -0.2) is 4.98 Å². The Kier molecular flexibility index (Phi) is 6.17. The number of nitrogens with zero attached hydrogens (tertiary/aromatic N) is 3. The van der Waals surface area contributed by atoms with Crippen LogP contribution < -0.4 is 16.0 Å². The van der Waals surface area contributed by atoms with Gasteiger partial charge in [0.1, 0.15) is 5.82 Å². The summed E-state index contributed by atoms with van der Waals surface area (Å²) in [5, 5.41) is 10.2. The van der Waals surface area contributed by atoms with Gasteiger partial charge in [0.25, 0.3) is 0 Å². The fourth-order valence-electron chi connectivity index (χ4n) is 3.11. The molecule has 0 radical (unpaired) electrons. The SMILES string of the molecule is CC(C)Nc1nc(NCCC2CCNCC2)cc(-c2ccncc2)n1. The van der Waals surface area contributed by atoms with Crippen LogP contribution in [0.5, 0.6) is 0 Å². The number of rotatable bonds is 7. The van der Waals surface area contributed by atoms with Gasteiger partial charge in [-0.1, -0.05) is 0 Å². The molecule has 0 saturated carbocycles. The zero-order valence-corrected chi connectivity index (χ0v) is 15.1. The molecule has 3 N–H and O–H groups in total. The topological polar surface area (TPSA) is 74.8 Å². The van der Waals surface area contributed by atoms with Crippen LogP contribution in [-0.4, -0.2) is 40.6 Å². The van der Waals surface area contributed by atoms with Gasteiger partial charge < -0.3 is 16.0 Å². The molecule has 0 bridgehead atoms. The molecule has 1 fully saturated rings. The minimum atomic E-state index is 0.287. The average molecular weight is 340 g/mol. The summed E-state index contributed by atoms with van der Waals surface area (Å²) in [6.07, 6.45) is 7.30. The standard InChI is InChI=1S/C19H28N6/c1-14(2)23-19-24-17(16-6-10-21-11-7-16)13-18(25-19)22-12-5-15-3-8-20-9-4-15/h6-7,10-11,13-15,20H,3-5,8-9,12H2,1-2H3,(H2,22,23,24,25). The zero-order chi connectivity index (χ0) is 17.5. The van der Waals surface area contributed by atoms with E-state index < -0.39 is 0 Å².